The molecule has 3 aliphatic rings. The third-order valence-corrected chi connectivity index (χ3v) is 7.58. The summed E-state index contributed by atoms with van der Waals surface area (Å²) in [6.07, 6.45) is 1.90. The van der Waals surface area contributed by atoms with Crippen LogP contribution in [0.25, 0.3) is 10.8 Å². The van der Waals surface area contributed by atoms with Crippen molar-refractivity contribution >= 4 is 28.6 Å². The van der Waals surface area contributed by atoms with Crippen LogP contribution in [0.3, 0.4) is 0 Å². The van der Waals surface area contributed by atoms with E-state index >= 15 is 0 Å². The minimum Gasteiger partial charge on any atom is -0.449 e. The van der Waals surface area contributed by atoms with Gasteiger partial charge in [-0.05, 0) is 55.2 Å². The van der Waals surface area contributed by atoms with Crippen LogP contribution in [0.2, 0.25) is 0 Å². The number of carbonyl (C=O) groups is 2. The van der Waals surface area contributed by atoms with Gasteiger partial charge in [0.15, 0.2) is 0 Å². The average Bonchev–Trinajstić information content (AvgIpc) is 2.84. The summed E-state index contributed by atoms with van der Waals surface area (Å²) in [5.41, 5.74) is -0.753. The van der Waals surface area contributed by atoms with E-state index in [-0.39, 0.29) is 36.4 Å². The van der Waals surface area contributed by atoms with Crippen LogP contribution in [0.5, 0.6) is 0 Å². The molecule has 3 heterocycles. The fourth-order valence-corrected chi connectivity index (χ4v) is 5.60. The first-order valence-corrected chi connectivity index (χ1v) is 12.4. The maximum absolute atomic E-state index is 13.1. The topological polar surface area (TPSA) is 95.6 Å². The predicted octanol–water partition coefficient (Wildman–Crippen LogP) is 3.52. The number of anilines is 1. The molecule has 3 N–H and O–H groups in total. The number of cyclic esters (lactones) is 1. The Hall–Kier alpha value is -3.08. The first kappa shape index (κ1) is 24.6. The number of carbonyl (C=O) groups excluding carboxylic acids is 2. The minimum absolute atomic E-state index is 0.0594. The first-order chi connectivity index (χ1) is 17.3. The van der Waals surface area contributed by atoms with Crippen LogP contribution >= 0.6 is 0 Å². The Kier molecular flexibility index (Phi) is 6.92. The summed E-state index contributed by atoms with van der Waals surface area (Å²) in [5.74, 6) is 0.526. The van der Waals surface area contributed by atoms with E-state index in [2.05, 4.69) is 25.8 Å². The SMILES string of the molecule is O=C(CNc1nccc2ccc(C(F)(F)F)cc12)NC1CN(C2CCC(C3CCOC(=O)N3)CC2)C1. The lowest BCUT2D eigenvalue weighted by Crippen LogP contribution is -2.63. The molecule has 2 aliphatic heterocycles. The van der Waals surface area contributed by atoms with Gasteiger partial charge in [-0.1, -0.05) is 6.07 Å². The Morgan fingerprint density at radius 3 is 2.64 bits per heavy atom. The average molecular weight is 506 g/mol. The van der Waals surface area contributed by atoms with E-state index < -0.39 is 11.7 Å². The fraction of sp³-hybridized carbons (Fsp3) is 0.560. The summed E-state index contributed by atoms with van der Waals surface area (Å²) in [7, 11) is 0. The molecule has 1 aromatic heterocycles. The van der Waals surface area contributed by atoms with Crippen LogP contribution in [-0.4, -0.2) is 66.3 Å². The quantitative estimate of drug-likeness (QED) is 0.556. The molecule has 1 atom stereocenters. The maximum Gasteiger partial charge on any atom is 0.416 e. The highest BCUT2D eigenvalue weighted by molar-refractivity contribution is 5.93. The van der Waals surface area contributed by atoms with Crippen molar-refractivity contribution in [3.05, 3.63) is 36.0 Å². The molecular formula is C25H30F3N5O3. The van der Waals surface area contributed by atoms with Crippen LogP contribution < -0.4 is 16.0 Å². The Morgan fingerprint density at radius 2 is 1.92 bits per heavy atom. The molecule has 8 nitrogen and oxygen atoms in total. The van der Waals surface area contributed by atoms with Crippen LogP contribution in [0.1, 0.15) is 37.7 Å². The molecule has 2 amide bonds. The van der Waals surface area contributed by atoms with Crippen molar-refractivity contribution in [3.63, 3.8) is 0 Å². The molecule has 0 bridgehead atoms. The normalized spacial score (nSPS) is 25.5. The van der Waals surface area contributed by atoms with Crippen molar-refractivity contribution < 1.29 is 27.5 Å². The fourth-order valence-electron chi connectivity index (χ4n) is 5.60. The second kappa shape index (κ2) is 10.1. The van der Waals surface area contributed by atoms with Crippen LogP contribution in [0.15, 0.2) is 30.5 Å². The van der Waals surface area contributed by atoms with E-state index in [1.165, 1.54) is 12.3 Å². The van der Waals surface area contributed by atoms with E-state index in [0.29, 0.717) is 29.3 Å². The zero-order valence-corrected chi connectivity index (χ0v) is 19.8. The lowest BCUT2D eigenvalue weighted by atomic mass is 9.79. The van der Waals surface area contributed by atoms with Gasteiger partial charge in [0.05, 0.1) is 24.8 Å². The van der Waals surface area contributed by atoms with Crippen LogP contribution in [0, 0.1) is 5.92 Å². The van der Waals surface area contributed by atoms with Crippen molar-refractivity contribution in [2.75, 3.05) is 31.6 Å². The van der Waals surface area contributed by atoms with Gasteiger partial charge in [-0.2, -0.15) is 13.2 Å². The number of rotatable bonds is 6. The maximum atomic E-state index is 13.1. The van der Waals surface area contributed by atoms with Crippen LogP contribution in [0.4, 0.5) is 23.8 Å². The minimum atomic E-state index is -4.45. The second-order valence-corrected chi connectivity index (χ2v) is 9.91. The summed E-state index contributed by atoms with van der Waals surface area (Å²) in [5, 5.41) is 9.77. The van der Waals surface area contributed by atoms with Crippen LogP contribution in [-0.2, 0) is 15.7 Å². The number of amides is 2. The molecule has 2 saturated heterocycles. The Balaban J connectivity index is 1.06. The molecule has 1 unspecified atom stereocenters. The van der Waals surface area contributed by atoms with Crippen molar-refractivity contribution in [2.24, 2.45) is 5.92 Å². The number of aromatic nitrogens is 1. The molecule has 0 radical (unpaired) electrons. The van der Waals surface area contributed by atoms with Gasteiger partial charge in [0.2, 0.25) is 5.91 Å². The molecule has 1 aromatic carbocycles. The molecular weight excluding hydrogens is 475 g/mol. The van der Waals surface area contributed by atoms with E-state index in [9.17, 15) is 22.8 Å². The van der Waals surface area contributed by atoms with Gasteiger partial charge in [0, 0.05) is 43.2 Å². The van der Waals surface area contributed by atoms with Gasteiger partial charge in [-0.25, -0.2) is 9.78 Å². The first-order valence-electron chi connectivity index (χ1n) is 12.4. The molecule has 0 spiro atoms. The van der Waals surface area contributed by atoms with Crippen molar-refractivity contribution in [3.8, 4) is 0 Å². The highest BCUT2D eigenvalue weighted by Gasteiger charge is 2.37. The predicted molar refractivity (Wildman–Crippen MR) is 127 cm³/mol. The lowest BCUT2D eigenvalue weighted by molar-refractivity contribution is -0.137. The highest BCUT2D eigenvalue weighted by Crippen LogP contribution is 2.34. The number of pyridine rings is 1. The number of alkyl halides is 3. The Morgan fingerprint density at radius 1 is 1.14 bits per heavy atom. The van der Waals surface area contributed by atoms with Gasteiger partial charge >= 0.3 is 12.3 Å². The monoisotopic (exact) mass is 505 g/mol. The molecule has 3 fully saturated rings. The smallest absolute Gasteiger partial charge is 0.416 e. The molecule has 11 heteroatoms. The third-order valence-electron chi connectivity index (χ3n) is 7.58. The summed E-state index contributed by atoms with van der Waals surface area (Å²) in [4.78, 5) is 30.5. The Labute approximate surface area is 206 Å². The number of nitrogens with zero attached hydrogens (tertiary/aromatic N) is 2. The van der Waals surface area contributed by atoms with E-state index in [1.54, 1.807) is 6.07 Å². The van der Waals surface area contributed by atoms with E-state index in [1.807, 2.05) is 0 Å². The standard InChI is InChI=1S/C25H30F3N5O3/c26-25(27,28)17-4-1-15-7-9-29-23(20(15)11-17)30-12-22(34)31-18-13-33(14-18)19-5-2-16(3-6-19)21-8-10-36-24(35)32-21/h1,4,7,9,11,16,18-19,21H,2-3,5-6,8,10,12-14H2,(H,29,30)(H,31,34)(H,32,35). The van der Waals surface area contributed by atoms with Gasteiger partial charge in [-0.15, -0.1) is 0 Å². The van der Waals surface area contributed by atoms with E-state index in [0.717, 1.165) is 57.3 Å². The van der Waals surface area contributed by atoms with Gasteiger partial charge in [-0.3, -0.25) is 9.69 Å². The van der Waals surface area contributed by atoms with E-state index in [4.69, 9.17) is 4.74 Å². The Bertz CT molecular complexity index is 1110. The molecule has 2 aromatic rings. The molecule has 1 saturated carbocycles. The number of hydrogen-bond acceptors (Lipinski definition) is 6. The number of fused-ring (bicyclic) bond motifs is 1. The number of nitrogens with one attached hydrogen (secondary N) is 3. The number of halogens is 3. The largest absolute Gasteiger partial charge is 0.449 e. The van der Waals surface area contributed by atoms with Crippen molar-refractivity contribution in [1.82, 2.24) is 20.5 Å². The number of alkyl carbamates (subject to hydrolysis) is 1. The van der Waals surface area contributed by atoms with Crippen molar-refractivity contribution in [2.45, 2.75) is 56.4 Å². The summed E-state index contributed by atoms with van der Waals surface area (Å²) in [6.45, 7) is 2.00. The number of ether oxygens (including phenoxy) is 1. The zero-order chi connectivity index (χ0) is 25.3. The highest BCUT2D eigenvalue weighted by atomic mass is 19.4. The third kappa shape index (κ3) is 5.50. The zero-order valence-electron chi connectivity index (χ0n) is 19.8. The molecule has 5 rings (SSSR count). The summed E-state index contributed by atoms with van der Waals surface area (Å²) < 4.78 is 44.3. The van der Waals surface area contributed by atoms with Gasteiger partial charge < -0.3 is 20.7 Å². The number of likely N-dealkylation sites (tertiary alicyclic amines) is 1. The summed E-state index contributed by atoms with van der Waals surface area (Å²) >= 11 is 0. The number of hydrogen-bond donors (Lipinski definition) is 3. The number of benzene rings is 1. The molecule has 1 aliphatic carbocycles. The van der Waals surface area contributed by atoms with Gasteiger partial charge in [0.25, 0.3) is 0 Å². The molecule has 36 heavy (non-hydrogen) atoms. The van der Waals surface area contributed by atoms with Crippen molar-refractivity contribution in [1.29, 1.82) is 0 Å². The van der Waals surface area contributed by atoms with Gasteiger partial charge in [0.1, 0.15) is 5.82 Å². The summed E-state index contributed by atoms with van der Waals surface area (Å²) in [6, 6.07) is 5.89. The lowest BCUT2D eigenvalue weighted by Gasteiger charge is -2.47. The second-order valence-electron chi connectivity index (χ2n) is 9.91. The molecule has 194 valence electrons.